The Labute approximate surface area is 217 Å². The molecule has 6 nitrogen and oxygen atoms in total. The standard InChI is InChI=1S/C31H30O6/c1-33-26-9-5-7-22-14-10-20-12-16-24(17-13-20)36-27-19-23(28(32)31(35-3)30(27)34-2)15-11-21-6-4-8-25(18-21)37-29(22)26/h4-9,12-13,16-19,32H,10-11,14-15H2,1-3H3. The molecule has 190 valence electrons. The van der Waals surface area contributed by atoms with Crippen LogP contribution in [0.1, 0.15) is 22.3 Å². The van der Waals surface area contributed by atoms with Gasteiger partial charge in [0, 0.05) is 5.56 Å². The van der Waals surface area contributed by atoms with E-state index >= 15 is 0 Å². The number of rotatable bonds is 3. The van der Waals surface area contributed by atoms with Crippen molar-refractivity contribution in [3.63, 3.8) is 0 Å². The van der Waals surface area contributed by atoms with E-state index in [1.165, 1.54) is 19.8 Å². The van der Waals surface area contributed by atoms with Gasteiger partial charge >= 0.3 is 0 Å². The first-order valence-electron chi connectivity index (χ1n) is 12.3. The first kappa shape index (κ1) is 24.4. The third-order valence-corrected chi connectivity index (χ3v) is 6.58. The van der Waals surface area contributed by atoms with E-state index in [-0.39, 0.29) is 11.5 Å². The van der Waals surface area contributed by atoms with Gasteiger partial charge in [-0.15, -0.1) is 0 Å². The van der Waals surface area contributed by atoms with E-state index in [1.54, 1.807) is 7.11 Å². The van der Waals surface area contributed by atoms with Crippen molar-refractivity contribution in [2.45, 2.75) is 25.7 Å². The average Bonchev–Trinajstić information content (AvgIpc) is 2.92. The van der Waals surface area contributed by atoms with Gasteiger partial charge in [-0.1, -0.05) is 36.4 Å². The minimum atomic E-state index is 0.0440. The fraction of sp³-hybridized carbons (Fsp3) is 0.226. The average molecular weight is 499 g/mol. The Hall–Kier alpha value is -4.32. The van der Waals surface area contributed by atoms with Crippen LogP contribution in [0.25, 0.3) is 0 Å². The molecule has 0 aliphatic carbocycles. The molecule has 37 heavy (non-hydrogen) atoms. The zero-order valence-electron chi connectivity index (χ0n) is 21.2. The lowest BCUT2D eigenvalue weighted by Gasteiger charge is -2.18. The Balaban J connectivity index is 1.59. The van der Waals surface area contributed by atoms with E-state index in [0.717, 1.165) is 35.5 Å². The van der Waals surface area contributed by atoms with Crippen molar-refractivity contribution in [3.05, 3.63) is 95.1 Å². The molecule has 2 heterocycles. The van der Waals surface area contributed by atoms with Crippen LogP contribution >= 0.6 is 0 Å². The van der Waals surface area contributed by atoms with E-state index in [0.29, 0.717) is 41.4 Å². The van der Waals surface area contributed by atoms with Gasteiger partial charge in [0.15, 0.2) is 23.0 Å². The van der Waals surface area contributed by atoms with E-state index in [2.05, 4.69) is 6.07 Å². The molecule has 0 unspecified atom stereocenters. The second-order valence-corrected chi connectivity index (χ2v) is 8.89. The highest BCUT2D eigenvalue weighted by Gasteiger charge is 2.21. The summed E-state index contributed by atoms with van der Waals surface area (Å²) in [5.74, 6) is 3.95. The summed E-state index contributed by atoms with van der Waals surface area (Å²) in [6.45, 7) is 0. The molecule has 2 aliphatic rings. The van der Waals surface area contributed by atoms with Crippen molar-refractivity contribution < 1.29 is 28.8 Å². The fourth-order valence-electron chi connectivity index (χ4n) is 4.63. The molecule has 0 radical (unpaired) electrons. The summed E-state index contributed by atoms with van der Waals surface area (Å²) in [4.78, 5) is 0. The van der Waals surface area contributed by atoms with E-state index < -0.39 is 0 Å². The smallest absolute Gasteiger partial charge is 0.207 e. The second kappa shape index (κ2) is 10.7. The predicted octanol–water partition coefficient (Wildman–Crippen LogP) is 6.89. The summed E-state index contributed by atoms with van der Waals surface area (Å²) in [6.07, 6.45) is 2.85. The fourth-order valence-corrected chi connectivity index (χ4v) is 4.63. The van der Waals surface area contributed by atoms with Crippen molar-refractivity contribution in [1.29, 1.82) is 0 Å². The van der Waals surface area contributed by atoms with E-state index in [9.17, 15) is 5.11 Å². The molecule has 0 fully saturated rings. The Morgan fingerprint density at radius 2 is 1.35 bits per heavy atom. The molecular formula is C31H30O6. The van der Waals surface area contributed by atoms with Gasteiger partial charge < -0.3 is 28.8 Å². The summed E-state index contributed by atoms with van der Waals surface area (Å²) >= 11 is 0. The van der Waals surface area contributed by atoms with Crippen LogP contribution in [0, 0.1) is 0 Å². The minimum Gasteiger partial charge on any atom is -0.504 e. The maximum atomic E-state index is 11.0. The van der Waals surface area contributed by atoms with Crippen LogP contribution in [0.5, 0.6) is 46.0 Å². The molecule has 1 N–H and O–H groups in total. The first-order valence-corrected chi connectivity index (χ1v) is 12.3. The number of fused-ring (bicyclic) bond motifs is 4. The molecule has 4 aromatic carbocycles. The summed E-state index contributed by atoms with van der Waals surface area (Å²) < 4.78 is 29.3. The number of hydrogen-bond donors (Lipinski definition) is 1. The summed E-state index contributed by atoms with van der Waals surface area (Å²) in [7, 11) is 4.69. The van der Waals surface area contributed by atoms with Crippen LogP contribution in [-0.4, -0.2) is 26.4 Å². The zero-order valence-corrected chi connectivity index (χ0v) is 21.2. The number of ether oxygens (including phenoxy) is 5. The van der Waals surface area contributed by atoms with Crippen molar-refractivity contribution in [1.82, 2.24) is 0 Å². The van der Waals surface area contributed by atoms with Crippen molar-refractivity contribution in [2.24, 2.45) is 0 Å². The lowest BCUT2D eigenvalue weighted by atomic mass is 10.0. The van der Waals surface area contributed by atoms with Crippen LogP contribution in [-0.2, 0) is 25.7 Å². The normalized spacial score (nSPS) is 12.8. The summed E-state index contributed by atoms with van der Waals surface area (Å²) in [5.41, 5.74) is 4.01. The third kappa shape index (κ3) is 5.14. The number of aryl methyl sites for hydroxylation is 4. The molecule has 4 aromatic rings. The molecular weight excluding hydrogens is 468 g/mol. The predicted molar refractivity (Wildman–Crippen MR) is 142 cm³/mol. The van der Waals surface area contributed by atoms with Gasteiger partial charge in [-0.05, 0) is 78.8 Å². The number of benzene rings is 4. The van der Waals surface area contributed by atoms with Crippen LogP contribution in [0.2, 0.25) is 0 Å². The third-order valence-electron chi connectivity index (χ3n) is 6.58. The Bertz CT molecular complexity index is 1390. The zero-order chi connectivity index (χ0) is 25.8. The molecule has 6 bridgehead atoms. The van der Waals surface area contributed by atoms with Gasteiger partial charge in [0.05, 0.1) is 21.3 Å². The lowest BCUT2D eigenvalue weighted by molar-refractivity contribution is 0.317. The molecule has 0 spiro atoms. The minimum absolute atomic E-state index is 0.0440. The van der Waals surface area contributed by atoms with Gasteiger partial charge in [0.2, 0.25) is 11.5 Å². The Kier molecular flexibility index (Phi) is 7.08. The Morgan fingerprint density at radius 3 is 2.11 bits per heavy atom. The van der Waals surface area contributed by atoms with Gasteiger partial charge in [-0.25, -0.2) is 0 Å². The summed E-state index contributed by atoms with van der Waals surface area (Å²) in [6, 6.07) is 23.7. The number of methoxy groups -OCH3 is 3. The highest BCUT2D eigenvalue weighted by Crippen LogP contribution is 2.48. The quantitative estimate of drug-likeness (QED) is 0.332. The maximum Gasteiger partial charge on any atom is 0.207 e. The molecule has 6 rings (SSSR count). The molecule has 0 amide bonds. The van der Waals surface area contributed by atoms with Crippen molar-refractivity contribution >= 4 is 0 Å². The highest BCUT2D eigenvalue weighted by molar-refractivity contribution is 5.63. The largest absolute Gasteiger partial charge is 0.504 e. The van der Waals surface area contributed by atoms with Crippen LogP contribution < -0.4 is 23.7 Å². The molecule has 2 aliphatic heterocycles. The van der Waals surface area contributed by atoms with Crippen molar-refractivity contribution in [2.75, 3.05) is 21.3 Å². The SMILES string of the molecule is COc1cccc2c1Oc1cccc(c1)CCc1cc(c(OC)c(OC)c1O)Oc1ccc(cc1)CC2. The topological polar surface area (TPSA) is 66.4 Å². The number of aromatic hydroxyl groups is 1. The molecule has 6 heteroatoms. The molecule has 0 saturated carbocycles. The second-order valence-electron chi connectivity index (χ2n) is 8.89. The highest BCUT2D eigenvalue weighted by atomic mass is 16.5. The number of phenols is 1. The molecule has 0 saturated heterocycles. The van der Waals surface area contributed by atoms with Crippen LogP contribution in [0.3, 0.4) is 0 Å². The number of para-hydroxylation sites is 1. The maximum absolute atomic E-state index is 11.0. The van der Waals surface area contributed by atoms with Gasteiger partial charge in [-0.2, -0.15) is 0 Å². The monoisotopic (exact) mass is 498 g/mol. The number of hydrogen-bond acceptors (Lipinski definition) is 6. The first-order chi connectivity index (χ1) is 18.1. The van der Waals surface area contributed by atoms with Crippen molar-refractivity contribution in [3.8, 4) is 46.0 Å². The molecule has 0 atom stereocenters. The van der Waals surface area contributed by atoms with Gasteiger partial charge in [0.25, 0.3) is 0 Å². The number of phenolic OH excluding ortho intramolecular Hbond substituents is 1. The van der Waals surface area contributed by atoms with E-state index in [1.807, 2.05) is 66.7 Å². The summed E-state index contributed by atoms with van der Waals surface area (Å²) in [5, 5.41) is 11.0. The Morgan fingerprint density at radius 1 is 0.622 bits per heavy atom. The molecule has 0 aromatic heterocycles. The lowest BCUT2D eigenvalue weighted by Crippen LogP contribution is -2.01. The van der Waals surface area contributed by atoms with Crippen LogP contribution in [0.15, 0.2) is 72.8 Å². The van der Waals surface area contributed by atoms with E-state index in [4.69, 9.17) is 23.7 Å². The van der Waals surface area contributed by atoms with Crippen LogP contribution in [0.4, 0.5) is 0 Å². The van der Waals surface area contributed by atoms with Gasteiger partial charge in [-0.3, -0.25) is 0 Å². The van der Waals surface area contributed by atoms with Gasteiger partial charge in [0.1, 0.15) is 11.5 Å².